The molecule has 2 aromatic heterocycles. The summed E-state index contributed by atoms with van der Waals surface area (Å²) >= 11 is 1.66. The molecule has 0 aliphatic rings. The molecule has 5 heteroatoms. The first-order valence-electron chi connectivity index (χ1n) is 4.66. The zero-order chi connectivity index (χ0) is 10.8. The molecular weight excluding hydrogens is 208 g/mol. The van der Waals surface area contributed by atoms with Crippen LogP contribution in [0.15, 0.2) is 11.4 Å². The number of thiophene rings is 1. The maximum absolute atomic E-state index is 4.31. The van der Waals surface area contributed by atoms with Gasteiger partial charge in [-0.1, -0.05) is 0 Å². The van der Waals surface area contributed by atoms with Gasteiger partial charge in [0.05, 0.1) is 4.88 Å². The van der Waals surface area contributed by atoms with Crippen molar-refractivity contribution in [2.45, 2.75) is 13.8 Å². The van der Waals surface area contributed by atoms with Crippen LogP contribution in [0.25, 0.3) is 10.6 Å². The topological polar surface area (TPSA) is 50.7 Å². The van der Waals surface area contributed by atoms with Crippen LogP contribution in [0.2, 0.25) is 0 Å². The smallest absolute Gasteiger partial charge is 0.157 e. The number of nitrogens with one attached hydrogen (secondary N) is 1. The third-order valence-electron chi connectivity index (χ3n) is 2.11. The van der Waals surface area contributed by atoms with E-state index >= 15 is 0 Å². The van der Waals surface area contributed by atoms with Gasteiger partial charge in [-0.25, -0.2) is 4.98 Å². The lowest BCUT2D eigenvalue weighted by Gasteiger charge is -2.05. The van der Waals surface area contributed by atoms with Crippen LogP contribution in [0.1, 0.15) is 11.4 Å². The van der Waals surface area contributed by atoms with Crippen molar-refractivity contribution < 1.29 is 0 Å². The third-order valence-corrected chi connectivity index (χ3v) is 3.13. The number of aryl methyl sites for hydroxylation is 2. The van der Waals surface area contributed by atoms with Crippen molar-refractivity contribution >= 4 is 17.2 Å². The Balaban J connectivity index is 2.58. The van der Waals surface area contributed by atoms with Gasteiger partial charge in [-0.05, 0) is 30.9 Å². The highest BCUT2D eigenvalue weighted by atomic mass is 32.1. The first kappa shape index (κ1) is 10.0. The summed E-state index contributed by atoms with van der Waals surface area (Å²) in [6.07, 6.45) is 0. The van der Waals surface area contributed by atoms with E-state index in [9.17, 15) is 0 Å². The van der Waals surface area contributed by atoms with E-state index in [1.54, 1.807) is 11.3 Å². The van der Waals surface area contributed by atoms with Crippen LogP contribution in [0.3, 0.4) is 0 Å². The zero-order valence-electron chi connectivity index (χ0n) is 8.90. The number of anilines is 1. The second kappa shape index (κ2) is 3.94. The molecule has 0 saturated heterocycles. The van der Waals surface area contributed by atoms with Crippen molar-refractivity contribution in [2.24, 2.45) is 0 Å². The molecule has 0 unspecified atom stereocenters. The van der Waals surface area contributed by atoms with E-state index in [0.29, 0.717) is 5.82 Å². The number of hydrogen-bond acceptors (Lipinski definition) is 5. The molecule has 0 aliphatic heterocycles. The zero-order valence-corrected chi connectivity index (χ0v) is 9.72. The Labute approximate surface area is 92.4 Å². The molecule has 0 fully saturated rings. The predicted octanol–water partition coefficient (Wildman–Crippen LogP) is 2.26. The van der Waals surface area contributed by atoms with Crippen LogP contribution in [0.4, 0.5) is 5.82 Å². The van der Waals surface area contributed by atoms with Crippen molar-refractivity contribution in [2.75, 3.05) is 12.4 Å². The van der Waals surface area contributed by atoms with Crippen LogP contribution in [0, 0.1) is 13.8 Å². The summed E-state index contributed by atoms with van der Waals surface area (Å²) in [4.78, 5) is 5.44. The summed E-state index contributed by atoms with van der Waals surface area (Å²) in [6.45, 7) is 3.89. The van der Waals surface area contributed by atoms with Crippen molar-refractivity contribution in [3.8, 4) is 10.6 Å². The molecule has 0 saturated carbocycles. The Morgan fingerprint density at radius 2 is 2.07 bits per heavy atom. The van der Waals surface area contributed by atoms with Crippen LogP contribution < -0.4 is 5.32 Å². The molecule has 0 spiro atoms. The van der Waals surface area contributed by atoms with E-state index in [1.165, 1.54) is 5.56 Å². The first-order valence-corrected chi connectivity index (χ1v) is 5.54. The Morgan fingerprint density at radius 3 is 2.67 bits per heavy atom. The van der Waals surface area contributed by atoms with Crippen molar-refractivity contribution in [3.05, 3.63) is 22.8 Å². The average Bonchev–Trinajstić information content (AvgIpc) is 2.64. The summed E-state index contributed by atoms with van der Waals surface area (Å²) in [5.41, 5.74) is 2.03. The largest absolute Gasteiger partial charge is 0.371 e. The lowest BCUT2D eigenvalue weighted by atomic mass is 10.2. The molecule has 2 heterocycles. The van der Waals surface area contributed by atoms with Crippen molar-refractivity contribution in [1.29, 1.82) is 0 Å². The molecule has 2 aromatic rings. The molecule has 0 bridgehead atoms. The highest BCUT2D eigenvalue weighted by molar-refractivity contribution is 7.13. The molecule has 0 atom stereocenters. The molecule has 0 aromatic carbocycles. The second-order valence-electron chi connectivity index (χ2n) is 3.24. The van der Waals surface area contributed by atoms with Gasteiger partial charge in [0.1, 0.15) is 11.5 Å². The molecule has 0 amide bonds. The maximum atomic E-state index is 4.31. The summed E-state index contributed by atoms with van der Waals surface area (Å²) in [6, 6.07) is 2.07. The fourth-order valence-corrected chi connectivity index (χ4v) is 2.26. The molecule has 0 aliphatic carbocycles. The van der Waals surface area contributed by atoms with Gasteiger partial charge in [0, 0.05) is 7.05 Å². The van der Waals surface area contributed by atoms with Gasteiger partial charge in [0.25, 0.3) is 0 Å². The Kier molecular flexibility index (Phi) is 2.64. The number of hydrogen-bond donors (Lipinski definition) is 1. The monoisotopic (exact) mass is 220 g/mol. The number of aromatic nitrogens is 3. The summed E-state index contributed by atoms with van der Waals surface area (Å²) < 4.78 is 0. The fourth-order valence-electron chi connectivity index (χ4n) is 1.35. The molecule has 1 N–H and O–H groups in total. The average molecular weight is 220 g/mol. The molecule has 78 valence electrons. The first-order chi connectivity index (χ1) is 7.22. The minimum Gasteiger partial charge on any atom is -0.371 e. The summed E-state index contributed by atoms with van der Waals surface area (Å²) in [5.74, 6) is 1.46. The van der Waals surface area contributed by atoms with E-state index in [2.05, 4.69) is 33.5 Å². The molecule has 2 rings (SSSR count). The van der Waals surface area contributed by atoms with Gasteiger partial charge < -0.3 is 5.32 Å². The van der Waals surface area contributed by atoms with Gasteiger partial charge in [0.2, 0.25) is 0 Å². The van der Waals surface area contributed by atoms with E-state index in [1.807, 2.05) is 19.4 Å². The van der Waals surface area contributed by atoms with Gasteiger partial charge in [-0.15, -0.1) is 21.5 Å². The Morgan fingerprint density at radius 1 is 1.27 bits per heavy atom. The maximum Gasteiger partial charge on any atom is 0.157 e. The van der Waals surface area contributed by atoms with Crippen LogP contribution in [0.5, 0.6) is 0 Å². The Bertz CT molecular complexity index is 478. The van der Waals surface area contributed by atoms with E-state index < -0.39 is 0 Å². The quantitative estimate of drug-likeness (QED) is 0.843. The van der Waals surface area contributed by atoms with E-state index in [4.69, 9.17) is 0 Å². The normalized spacial score (nSPS) is 10.3. The van der Waals surface area contributed by atoms with Gasteiger partial charge in [0.15, 0.2) is 5.82 Å². The molecular formula is C10H12N4S. The molecule has 15 heavy (non-hydrogen) atoms. The SMILES string of the molecule is CNc1nc(C)nnc1-c1sccc1C. The highest BCUT2D eigenvalue weighted by Gasteiger charge is 2.12. The lowest BCUT2D eigenvalue weighted by Crippen LogP contribution is -2.02. The van der Waals surface area contributed by atoms with Crippen molar-refractivity contribution in [1.82, 2.24) is 15.2 Å². The standard InChI is InChI=1S/C10H12N4S/c1-6-4-5-15-9(6)8-10(11-3)12-7(2)13-14-8/h4-5H,1-3H3,(H,11,12,13). The molecule has 0 radical (unpaired) electrons. The number of rotatable bonds is 2. The van der Waals surface area contributed by atoms with Crippen LogP contribution in [-0.2, 0) is 0 Å². The second-order valence-corrected chi connectivity index (χ2v) is 4.16. The third kappa shape index (κ3) is 1.83. The highest BCUT2D eigenvalue weighted by Crippen LogP contribution is 2.30. The minimum atomic E-state index is 0.678. The van der Waals surface area contributed by atoms with Crippen LogP contribution >= 0.6 is 11.3 Å². The lowest BCUT2D eigenvalue weighted by molar-refractivity contribution is 0.917. The van der Waals surface area contributed by atoms with Gasteiger partial charge in [-0.3, -0.25) is 0 Å². The summed E-state index contributed by atoms with van der Waals surface area (Å²) in [7, 11) is 1.84. The fraction of sp³-hybridized carbons (Fsp3) is 0.300. The van der Waals surface area contributed by atoms with Crippen LogP contribution in [-0.4, -0.2) is 22.2 Å². The Hall–Kier alpha value is -1.49. The van der Waals surface area contributed by atoms with Crippen molar-refractivity contribution in [3.63, 3.8) is 0 Å². The number of nitrogens with zero attached hydrogens (tertiary/aromatic N) is 3. The summed E-state index contributed by atoms with van der Waals surface area (Å²) in [5, 5.41) is 13.3. The van der Waals surface area contributed by atoms with E-state index in [0.717, 1.165) is 16.4 Å². The minimum absolute atomic E-state index is 0.678. The van der Waals surface area contributed by atoms with Gasteiger partial charge >= 0.3 is 0 Å². The van der Waals surface area contributed by atoms with Gasteiger partial charge in [-0.2, -0.15) is 0 Å². The predicted molar refractivity (Wildman–Crippen MR) is 62.2 cm³/mol. The van der Waals surface area contributed by atoms with E-state index in [-0.39, 0.29) is 0 Å². The molecule has 4 nitrogen and oxygen atoms in total.